The minimum Gasteiger partial charge on any atom is -0.489 e. The van der Waals surface area contributed by atoms with Gasteiger partial charge in [0.25, 0.3) is 5.91 Å². The summed E-state index contributed by atoms with van der Waals surface area (Å²) in [6.07, 6.45) is 0. The molecule has 90 valence electrons. The summed E-state index contributed by atoms with van der Waals surface area (Å²) in [5.41, 5.74) is 1.41. The van der Waals surface area contributed by atoms with E-state index in [0.717, 1.165) is 16.7 Å². The smallest absolute Gasteiger partial charge is 0.255 e. The zero-order valence-corrected chi connectivity index (χ0v) is 10.8. The molecule has 2 N–H and O–H groups in total. The number of carbonyl (C=O) groups excluding carboxylic acids is 1. The molecule has 17 heavy (non-hydrogen) atoms. The van der Waals surface area contributed by atoms with Crippen LogP contribution in [-0.4, -0.2) is 25.6 Å². The number of para-hydroxylation sites is 1. The topological polar surface area (TPSA) is 50.4 Å². The molecule has 0 aromatic heterocycles. The van der Waals surface area contributed by atoms with Gasteiger partial charge in [0.05, 0.1) is 11.3 Å². The maximum Gasteiger partial charge on any atom is 0.255 e. The number of carbonyl (C=O) groups is 1. The second-order valence-corrected chi connectivity index (χ2v) is 4.78. The maximum atomic E-state index is 11.9. The minimum atomic E-state index is -0.161. The van der Waals surface area contributed by atoms with E-state index in [4.69, 9.17) is 4.74 Å². The van der Waals surface area contributed by atoms with Gasteiger partial charge in [-0.15, -0.1) is 0 Å². The first-order valence-electron chi connectivity index (χ1n) is 5.29. The van der Waals surface area contributed by atoms with Crippen molar-refractivity contribution in [3.05, 3.63) is 34.8 Å². The molecule has 1 aromatic carbocycles. The van der Waals surface area contributed by atoms with Crippen LogP contribution in [0.1, 0.15) is 10.4 Å². The van der Waals surface area contributed by atoms with Gasteiger partial charge in [-0.3, -0.25) is 4.79 Å². The van der Waals surface area contributed by atoms with Crippen LogP contribution in [0, 0.1) is 0 Å². The van der Waals surface area contributed by atoms with Crippen LogP contribution in [-0.2, 0) is 0 Å². The fraction of sp³-hybridized carbons (Fsp3) is 0.250. The first-order chi connectivity index (χ1) is 8.18. The van der Waals surface area contributed by atoms with Crippen molar-refractivity contribution in [3.8, 4) is 5.75 Å². The lowest BCUT2D eigenvalue weighted by atomic mass is 10.1. The maximum absolute atomic E-state index is 11.9. The highest BCUT2D eigenvalue weighted by Gasteiger charge is 2.18. The summed E-state index contributed by atoms with van der Waals surface area (Å²) in [4.78, 5) is 11.9. The van der Waals surface area contributed by atoms with Gasteiger partial charge < -0.3 is 15.4 Å². The van der Waals surface area contributed by atoms with Gasteiger partial charge in [0.1, 0.15) is 6.61 Å². The average Bonchev–Trinajstić information content (AvgIpc) is 2.35. The van der Waals surface area contributed by atoms with Gasteiger partial charge in [-0.25, -0.2) is 0 Å². The summed E-state index contributed by atoms with van der Waals surface area (Å²) < 4.78 is 6.26. The number of halogens is 1. The van der Waals surface area contributed by atoms with Crippen LogP contribution in [0.15, 0.2) is 29.3 Å². The van der Waals surface area contributed by atoms with E-state index in [1.165, 1.54) is 0 Å². The average molecular weight is 297 g/mol. The molecule has 1 amide bonds. The van der Waals surface area contributed by atoms with E-state index in [1.807, 2.05) is 12.1 Å². The molecule has 1 heterocycles. The summed E-state index contributed by atoms with van der Waals surface area (Å²) in [7, 11) is 0. The number of hydrogen-bond acceptors (Lipinski definition) is 3. The SMILES string of the molecule is C=C(Br)CNC(=O)c1cccc2c1OCCN2. The molecule has 0 saturated carbocycles. The third-order valence-electron chi connectivity index (χ3n) is 2.36. The number of rotatable bonds is 3. The summed E-state index contributed by atoms with van der Waals surface area (Å²) >= 11 is 3.20. The van der Waals surface area contributed by atoms with E-state index in [2.05, 4.69) is 33.1 Å². The fourth-order valence-corrected chi connectivity index (χ4v) is 1.76. The van der Waals surface area contributed by atoms with E-state index in [9.17, 15) is 4.79 Å². The molecule has 0 unspecified atom stereocenters. The second kappa shape index (κ2) is 5.23. The summed E-state index contributed by atoms with van der Waals surface area (Å²) in [6, 6.07) is 5.48. The van der Waals surface area contributed by atoms with Crippen LogP contribution in [0.2, 0.25) is 0 Å². The van der Waals surface area contributed by atoms with E-state index in [-0.39, 0.29) is 5.91 Å². The predicted octanol–water partition coefficient (Wildman–Crippen LogP) is 2.13. The van der Waals surface area contributed by atoms with Gasteiger partial charge in [0.2, 0.25) is 0 Å². The summed E-state index contributed by atoms with van der Waals surface area (Å²) in [6.45, 7) is 5.40. The molecule has 0 radical (unpaired) electrons. The van der Waals surface area contributed by atoms with Crippen LogP contribution in [0.5, 0.6) is 5.75 Å². The fourth-order valence-electron chi connectivity index (χ4n) is 1.62. The predicted molar refractivity (Wildman–Crippen MR) is 70.8 cm³/mol. The zero-order valence-electron chi connectivity index (χ0n) is 9.25. The molecule has 5 heteroatoms. The molecule has 1 aliphatic rings. The number of hydrogen-bond donors (Lipinski definition) is 2. The molecule has 4 nitrogen and oxygen atoms in total. The zero-order chi connectivity index (χ0) is 12.3. The highest BCUT2D eigenvalue weighted by atomic mass is 79.9. The Morgan fingerprint density at radius 1 is 1.59 bits per heavy atom. The van der Waals surface area contributed by atoms with Crippen LogP contribution < -0.4 is 15.4 Å². The van der Waals surface area contributed by atoms with Gasteiger partial charge in [-0.05, 0) is 12.1 Å². The summed E-state index contributed by atoms with van der Waals surface area (Å²) in [5, 5.41) is 5.95. The van der Waals surface area contributed by atoms with Gasteiger partial charge in [0.15, 0.2) is 5.75 Å². The monoisotopic (exact) mass is 296 g/mol. The second-order valence-electron chi connectivity index (χ2n) is 3.66. The van der Waals surface area contributed by atoms with Gasteiger partial charge in [-0.2, -0.15) is 0 Å². The molecular weight excluding hydrogens is 284 g/mol. The van der Waals surface area contributed by atoms with E-state index in [1.54, 1.807) is 6.07 Å². The van der Waals surface area contributed by atoms with E-state index >= 15 is 0 Å². The lowest BCUT2D eigenvalue weighted by Gasteiger charge is -2.21. The third kappa shape index (κ3) is 2.79. The van der Waals surface area contributed by atoms with Crippen LogP contribution >= 0.6 is 15.9 Å². The highest BCUT2D eigenvalue weighted by molar-refractivity contribution is 9.11. The number of benzene rings is 1. The summed E-state index contributed by atoms with van der Waals surface area (Å²) in [5.74, 6) is 0.461. The van der Waals surface area contributed by atoms with Crippen LogP contribution in [0.4, 0.5) is 5.69 Å². The van der Waals surface area contributed by atoms with Gasteiger partial charge in [0, 0.05) is 17.6 Å². The quantitative estimate of drug-likeness (QED) is 0.898. The molecule has 0 spiro atoms. The Kier molecular flexibility index (Phi) is 3.68. The number of amides is 1. The van der Waals surface area contributed by atoms with Crippen molar-refractivity contribution in [2.24, 2.45) is 0 Å². The molecule has 0 bridgehead atoms. The minimum absolute atomic E-state index is 0.161. The Morgan fingerprint density at radius 3 is 3.18 bits per heavy atom. The molecule has 0 saturated heterocycles. The number of fused-ring (bicyclic) bond motifs is 1. The molecule has 2 rings (SSSR count). The Bertz CT molecular complexity index is 460. The lowest BCUT2D eigenvalue weighted by Crippen LogP contribution is -2.27. The Hall–Kier alpha value is -1.49. The van der Waals surface area contributed by atoms with Crippen molar-refractivity contribution < 1.29 is 9.53 Å². The standard InChI is InChI=1S/C12H13BrN2O2/c1-8(13)7-15-12(16)9-3-2-4-10-11(9)17-6-5-14-10/h2-4,14H,1,5-7H2,(H,15,16). The normalized spacial score (nSPS) is 13.0. The third-order valence-corrected chi connectivity index (χ3v) is 2.64. The number of ether oxygens (including phenoxy) is 1. The number of nitrogens with one attached hydrogen (secondary N) is 2. The van der Waals surface area contributed by atoms with Crippen molar-refractivity contribution in [2.45, 2.75) is 0 Å². The van der Waals surface area contributed by atoms with Crippen molar-refractivity contribution in [3.63, 3.8) is 0 Å². The van der Waals surface area contributed by atoms with E-state index < -0.39 is 0 Å². The number of anilines is 1. The molecule has 0 fully saturated rings. The van der Waals surface area contributed by atoms with Crippen LogP contribution in [0.3, 0.4) is 0 Å². The Morgan fingerprint density at radius 2 is 2.41 bits per heavy atom. The molecule has 1 aromatic rings. The molecule has 0 atom stereocenters. The highest BCUT2D eigenvalue weighted by Crippen LogP contribution is 2.30. The molecular formula is C12H13BrN2O2. The first kappa shape index (κ1) is 12.0. The van der Waals surface area contributed by atoms with Crippen molar-refractivity contribution >= 4 is 27.5 Å². The first-order valence-corrected chi connectivity index (χ1v) is 6.09. The largest absolute Gasteiger partial charge is 0.489 e. The van der Waals surface area contributed by atoms with E-state index in [0.29, 0.717) is 24.5 Å². The van der Waals surface area contributed by atoms with Crippen LogP contribution in [0.25, 0.3) is 0 Å². The Balaban J connectivity index is 2.20. The van der Waals surface area contributed by atoms with Crippen molar-refractivity contribution in [2.75, 3.05) is 25.0 Å². The van der Waals surface area contributed by atoms with Crippen molar-refractivity contribution in [1.29, 1.82) is 0 Å². The van der Waals surface area contributed by atoms with Crippen molar-refractivity contribution in [1.82, 2.24) is 5.32 Å². The van der Waals surface area contributed by atoms with Gasteiger partial charge in [-0.1, -0.05) is 28.6 Å². The lowest BCUT2D eigenvalue weighted by molar-refractivity contribution is 0.0953. The van der Waals surface area contributed by atoms with Gasteiger partial charge >= 0.3 is 0 Å². The molecule has 0 aliphatic carbocycles. The molecule has 1 aliphatic heterocycles. The Labute approximate surface area is 108 Å².